The van der Waals surface area contributed by atoms with Gasteiger partial charge in [-0.05, 0) is 102 Å². The summed E-state index contributed by atoms with van der Waals surface area (Å²) in [7, 11) is 0. The number of rotatable bonds is 10. The van der Waals surface area contributed by atoms with Gasteiger partial charge in [0.1, 0.15) is 0 Å². The van der Waals surface area contributed by atoms with E-state index < -0.39 is 0 Å². The van der Waals surface area contributed by atoms with Crippen molar-refractivity contribution in [1.29, 1.82) is 0 Å². The van der Waals surface area contributed by atoms with Gasteiger partial charge in [0.2, 0.25) is 0 Å². The Balaban J connectivity index is 1.89. The summed E-state index contributed by atoms with van der Waals surface area (Å²) in [5, 5.41) is 0. The van der Waals surface area contributed by atoms with E-state index in [1.54, 1.807) is 11.1 Å². The largest absolute Gasteiger partial charge is 0.0696 e. The molecule has 0 N–H and O–H groups in total. The highest BCUT2D eigenvalue weighted by Gasteiger charge is 2.27. The average Bonchev–Trinajstić information content (AvgIpc) is 2.85. The van der Waals surface area contributed by atoms with Gasteiger partial charge in [-0.1, -0.05) is 146 Å². The summed E-state index contributed by atoms with van der Waals surface area (Å²) in [5.41, 5.74) is 11.7. The summed E-state index contributed by atoms with van der Waals surface area (Å²) < 4.78 is 0. The van der Waals surface area contributed by atoms with E-state index in [4.69, 9.17) is 0 Å². The van der Waals surface area contributed by atoms with Crippen molar-refractivity contribution in [3.8, 4) is 0 Å². The third kappa shape index (κ3) is 11.3. The summed E-state index contributed by atoms with van der Waals surface area (Å²) in [5.74, 6) is 0. The van der Waals surface area contributed by atoms with Crippen molar-refractivity contribution in [2.24, 2.45) is 10.8 Å². The molecule has 0 saturated heterocycles. The number of hydrogen-bond acceptors (Lipinski definition) is 0. The highest BCUT2D eigenvalue weighted by Crippen LogP contribution is 2.41. The van der Waals surface area contributed by atoms with Crippen LogP contribution < -0.4 is 0 Å². The lowest BCUT2D eigenvalue weighted by Crippen LogP contribution is -2.19. The van der Waals surface area contributed by atoms with Gasteiger partial charge in [0.25, 0.3) is 0 Å². The molecule has 0 aromatic heterocycles. The zero-order valence-electron chi connectivity index (χ0n) is 27.3. The fourth-order valence-corrected chi connectivity index (χ4v) is 5.79. The normalized spacial score (nSPS) is 21.9. The van der Waals surface area contributed by atoms with Crippen molar-refractivity contribution in [3.63, 3.8) is 0 Å². The van der Waals surface area contributed by atoms with Crippen molar-refractivity contribution < 1.29 is 0 Å². The summed E-state index contributed by atoms with van der Waals surface area (Å²) >= 11 is 0. The molecule has 40 heavy (non-hydrogen) atoms. The van der Waals surface area contributed by atoms with Crippen LogP contribution in [0.15, 0.2) is 130 Å². The standard InChI is InChI=1S/C40H56/c1-31(19-13-21-33(3)25-27-37-35(5)23-15-29-39(37,7)8)17-11-12-18-32(2)20-14-22-34(4)26-28-38-36(6)24-16-30-40(38,9)10/h11-14,17-22,25-28H,15-16,23-24,29-30H2,1-10H3/b12-11+,19-13+,20-14+,27-25-,28-26+,31-17-,32-18+,33-21+,34-22+. The van der Waals surface area contributed by atoms with Crippen LogP contribution in [0.5, 0.6) is 0 Å². The van der Waals surface area contributed by atoms with E-state index >= 15 is 0 Å². The van der Waals surface area contributed by atoms with Gasteiger partial charge in [0.15, 0.2) is 0 Å². The van der Waals surface area contributed by atoms with Crippen LogP contribution in [0, 0.1) is 10.8 Å². The molecule has 0 saturated carbocycles. The Labute approximate surface area is 247 Å². The highest BCUT2D eigenvalue weighted by atomic mass is 14.3. The third-order valence-corrected chi connectivity index (χ3v) is 8.38. The molecular weight excluding hydrogens is 480 g/mol. The van der Waals surface area contributed by atoms with E-state index in [0.29, 0.717) is 10.8 Å². The number of allylic oxidation sites excluding steroid dienone is 22. The van der Waals surface area contributed by atoms with E-state index in [1.165, 1.54) is 72.0 Å². The van der Waals surface area contributed by atoms with Crippen molar-refractivity contribution in [2.45, 2.75) is 108 Å². The molecule has 0 spiro atoms. The molecular formula is C40H56. The molecule has 2 aliphatic rings. The van der Waals surface area contributed by atoms with Crippen molar-refractivity contribution >= 4 is 0 Å². The maximum Gasteiger partial charge on any atom is -0.0104 e. The van der Waals surface area contributed by atoms with Crippen LogP contribution in [-0.2, 0) is 0 Å². The van der Waals surface area contributed by atoms with Crippen LogP contribution in [0.25, 0.3) is 0 Å². The minimum absolute atomic E-state index is 0.291. The first-order valence-corrected chi connectivity index (χ1v) is 15.3. The smallest absolute Gasteiger partial charge is 0.0104 e. The molecule has 0 atom stereocenters. The Morgan fingerprint density at radius 1 is 0.500 bits per heavy atom. The first kappa shape index (κ1) is 33.3. The minimum Gasteiger partial charge on any atom is -0.0696 e. The Hall–Kier alpha value is -2.86. The van der Waals surface area contributed by atoms with Gasteiger partial charge in [-0.2, -0.15) is 0 Å². The summed E-state index contributed by atoms with van der Waals surface area (Å²) in [6.45, 7) is 22.7. The van der Waals surface area contributed by atoms with E-state index in [2.05, 4.69) is 154 Å². The molecule has 0 aromatic rings. The molecule has 2 rings (SSSR count). The molecule has 0 unspecified atom stereocenters. The Morgan fingerprint density at radius 2 is 0.825 bits per heavy atom. The van der Waals surface area contributed by atoms with Crippen LogP contribution in [0.1, 0.15) is 108 Å². The Bertz CT molecular complexity index is 1120. The van der Waals surface area contributed by atoms with E-state index in [-0.39, 0.29) is 0 Å². The predicted molar refractivity (Wildman–Crippen MR) is 181 cm³/mol. The maximum absolute atomic E-state index is 2.37. The van der Waals surface area contributed by atoms with Crippen LogP contribution in [-0.4, -0.2) is 0 Å². The zero-order chi connectivity index (χ0) is 29.8. The molecule has 0 heterocycles. The predicted octanol–water partition coefficient (Wildman–Crippen LogP) is 12.6. The molecule has 2 aliphatic carbocycles. The average molecular weight is 537 g/mol. The van der Waals surface area contributed by atoms with Crippen molar-refractivity contribution in [3.05, 3.63) is 130 Å². The molecule has 0 aliphatic heterocycles. The van der Waals surface area contributed by atoms with Gasteiger partial charge in [0, 0.05) is 0 Å². The molecule has 0 bridgehead atoms. The van der Waals surface area contributed by atoms with Crippen molar-refractivity contribution in [1.82, 2.24) is 0 Å². The molecule has 0 nitrogen and oxygen atoms in total. The SMILES string of the molecule is CC1=C(\C=C/C(C)=C/C=C/C(C)=C\C=C\C=C(C)\C=C\C=C(C)\C=C\C2=C(C)CCCC2(C)C)C(C)(C)CCC1. The summed E-state index contributed by atoms with van der Waals surface area (Å²) in [4.78, 5) is 0. The lowest BCUT2D eigenvalue weighted by Gasteiger charge is -2.33. The van der Waals surface area contributed by atoms with Gasteiger partial charge >= 0.3 is 0 Å². The van der Waals surface area contributed by atoms with Gasteiger partial charge in [-0.3, -0.25) is 0 Å². The second-order valence-electron chi connectivity index (χ2n) is 13.3. The second kappa shape index (κ2) is 15.8. The van der Waals surface area contributed by atoms with Crippen molar-refractivity contribution in [2.75, 3.05) is 0 Å². The lowest BCUT2D eigenvalue weighted by molar-refractivity contribution is 0.376. The van der Waals surface area contributed by atoms with Gasteiger partial charge in [-0.15, -0.1) is 0 Å². The molecule has 0 amide bonds. The zero-order valence-corrected chi connectivity index (χ0v) is 27.3. The number of hydrogen-bond donors (Lipinski definition) is 0. The summed E-state index contributed by atoms with van der Waals surface area (Å²) in [6.07, 6.45) is 38.4. The molecule has 216 valence electrons. The minimum atomic E-state index is 0.291. The van der Waals surface area contributed by atoms with Crippen LogP contribution >= 0.6 is 0 Å². The van der Waals surface area contributed by atoms with E-state index in [9.17, 15) is 0 Å². The van der Waals surface area contributed by atoms with Gasteiger partial charge in [-0.25, -0.2) is 0 Å². The first-order chi connectivity index (χ1) is 18.8. The van der Waals surface area contributed by atoms with E-state index in [0.717, 1.165) is 0 Å². The highest BCUT2D eigenvalue weighted by molar-refractivity contribution is 5.39. The van der Waals surface area contributed by atoms with E-state index in [1.807, 2.05) is 0 Å². The molecule has 0 aromatic carbocycles. The quantitative estimate of drug-likeness (QED) is 0.244. The Kier molecular flexibility index (Phi) is 13.2. The van der Waals surface area contributed by atoms with Crippen LogP contribution in [0.4, 0.5) is 0 Å². The maximum atomic E-state index is 2.37. The monoisotopic (exact) mass is 536 g/mol. The van der Waals surface area contributed by atoms with Gasteiger partial charge in [0.05, 0.1) is 0 Å². The summed E-state index contributed by atoms with van der Waals surface area (Å²) in [6, 6.07) is 0. The molecule has 0 radical (unpaired) electrons. The van der Waals surface area contributed by atoms with Crippen LogP contribution in [0.3, 0.4) is 0 Å². The third-order valence-electron chi connectivity index (χ3n) is 8.38. The Morgan fingerprint density at radius 3 is 1.18 bits per heavy atom. The second-order valence-corrected chi connectivity index (χ2v) is 13.3. The van der Waals surface area contributed by atoms with Crippen LogP contribution in [0.2, 0.25) is 0 Å². The van der Waals surface area contributed by atoms with Gasteiger partial charge < -0.3 is 0 Å². The first-order valence-electron chi connectivity index (χ1n) is 15.3. The lowest BCUT2D eigenvalue weighted by atomic mass is 9.72. The fourth-order valence-electron chi connectivity index (χ4n) is 5.79. The molecule has 0 fully saturated rings. The molecule has 0 heteroatoms. The fraction of sp³-hybridized carbons (Fsp3) is 0.450. The topological polar surface area (TPSA) is 0 Å².